The molecule has 1 heterocycles. The van der Waals surface area contributed by atoms with Crippen LogP contribution in [-0.2, 0) is 10.0 Å². The Hall–Kier alpha value is -3.53. The summed E-state index contributed by atoms with van der Waals surface area (Å²) in [6, 6.07) is 6.34. The number of nitrogens with one attached hydrogen (secondary N) is 1. The van der Waals surface area contributed by atoms with Crippen molar-refractivity contribution in [2.24, 2.45) is 0 Å². The fourth-order valence-electron chi connectivity index (χ4n) is 2.65. The van der Waals surface area contributed by atoms with Gasteiger partial charge in [0.1, 0.15) is 22.3 Å². The highest BCUT2D eigenvalue weighted by Gasteiger charge is 2.25. The Balaban J connectivity index is 2.09. The molecular formula is C19H14F2N2O5S. The number of aromatic hydroxyl groups is 1. The summed E-state index contributed by atoms with van der Waals surface area (Å²) >= 11 is 0. The molecule has 0 aliphatic rings. The summed E-state index contributed by atoms with van der Waals surface area (Å²) in [6.07, 6.45) is 2.77. The quantitative estimate of drug-likeness (QED) is 0.581. The zero-order valence-electron chi connectivity index (χ0n) is 14.8. The molecule has 0 saturated heterocycles. The zero-order chi connectivity index (χ0) is 21.3. The Labute approximate surface area is 164 Å². The standard InChI is InChI=1S/C19H14F2N2O5S/c1-10-5-12(19(25)26)6-17(18(10)24)29(27,28)23-16-7-13(14(20)8-15(16)21)11-3-2-4-22-9-11/h2-9,23-24H,1H3,(H,25,26). The minimum Gasteiger partial charge on any atom is -0.506 e. The molecule has 0 radical (unpaired) electrons. The van der Waals surface area contributed by atoms with Crippen molar-refractivity contribution in [2.45, 2.75) is 11.8 Å². The number of anilines is 1. The number of pyridine rings is 1. The molecule has 7 nitrogen and oxygen atoms in total. The number of hydrogen-bond acceptors (Lipinski definition) is 5. The highest BCUT2D eigenvalue weighted by atomic mass is 32.2. The number of carboxylic acid groups (broad SMARTS) is 1. The van der Waals surface area contributed by atoms with E-state index >= 15 is 0 Å². The maximum absolute atomic E-state index is 14.2. The first-order valence-electron chi connectivity index (χ1n) is 8.09. The first-order chi connectivity index (χ1) is 13.6. The lowest BCUT2D eigenvalue weighted by Crippen LogP contribution is -2.16. The molecule has 0 aliphatic carbocycles. The van der Waals surface area contributed by atoms with Gasteiger partial charge in [-0.3, -0.25) is 9.71 Å². The molecule has 3 aromatic rings. The Bertz CT molecular complexity index is 1220. The van der Waals surface area contributed by atoms with Crippen LogP contribution in [0.2, 0.25) is 0 Å². The number of rotatable bonds is 5. The molecular weight excluding hydrogens is 406 g/mol. The number of carbonyl (C=O) groups is 1. The van der Waals surface area contributed by atoms with Crippen LogP contribution in [0, 0.1) is 18.6 Å². The lowest BCUT2D eigenvalue weighted by atomic mass is 10.1. The Morgan fingerprint density at radius 2 is 1.86 bits per heavy atom. The summed E-state index contributed by atoms with van der Waals surface area (Å²) in [4.78, 5) is 14.3. The summed E-state index contributed by atoms with van der Waals surface area (Å²) < 4.78 is 55.7. The van der Waals surface area contributed by atoms with Gasteiger partial charge in [-0.05, 0) is 36.8 Å². The van der Waals surface area contributed by atoms with Crippen LogP contribution in [0.5, 0.6) is 5.75 Å². The molecule has 0 bridgehead atoms. The molecule has 0 fully saturated rings. The minimum atomic E-state index is -4.60. The third-order valence-corrected chi connectivity index (χ3v) is 5.45. The van der Waals surface area contributed by atoms with E-state index in [1.54, 1.807) is 0 Å². The number of sulfonamides is 1. The van der Waals surface area contributed by atoms with Crippen molar-refractivity contribution in [1.82, 2.24) is 4.98 Å². The van der Waals surface area contributed by atoms with Crippen LogP contribution in [-0.4, -0.2) is 29.6 Å². The molecule has 10 heteroatoms. The van der Waals surface area contributed by atoms with Crippen molar-refractivity contribution in [3.63, 3.8) is 0 Å². The Morgan fingerprint density at radius 1 is 1.14 bits per heavy atom. The Kier molecular flexibility index (Phi) is 5.21. The van der Waals surface area contributed by atoms with Gasteiger partial charge in [-0.2, -0.15) is 0 Å². The second-order valence-corrected chi connectivity index (χ2v) is 7.75. The van der Waals surface area contributed by atoms with E-state index in [0.29, 0.717) is 6.07 Å². The van der Waals surface area contributed by atoms with E-state index in [-0.39, 0.29) is 22.3 Å². The number of aromatic carboxylic acids is 1. The molecule has 2 aromatic carbocycles. The fraction of sp³-hybridized carbons (Fsp3) is 0.0526. The van der Waals surface area contributed by atoms with Crippen molar-refractivity contribution < 1.29 is 32.2 Å². The molecule has 150 valence electrons. The summed E-state index contributed by atoms with van der Waals surface area (Å²) in [6.45, 7) is 1.32. The van der Waals surface area contributed by atoms with Gasteiger partial charge in [-0.15, -0.1) is 0 Å². The molecule has 1 aromatic heterocycles. The van der Waals surface area contributed by atoms with Crippen LogP contribution in [0.25, 0.3) is 11.1 Å². The number of aromatic nitrogens is 1. The number of phenols is 1. The van der Waals surface area contributed by atoms with Crippen LogP contribution < -0.4 is 4.72 Å². The highest BCUT2D eigenvalue weighted by molar-refractivity contribution is 7.92. The van der Waals surface area contributed by atoms with E-state index in [4.69, 9.17) is 5.11 Å². The van der Waals surface area contributed by atoms with Gasteiger partial charge in [0.05, 0.1) is 11.3 Å². The molecule has 0 aliphatic heterocycles. The van der Waals surface area contributed by atoms with E-state index in [0.717, 1.165) is 18.2 Å². The van der Waals surface area contributed by atoms with Crippen LogP contribution in [0.15, 0.2) is 53.7 Å². The van der Waals surface area contributed by atoms with E-state index in [1.165, 1.54) is 31.5 Å². The number of nitrogens with zero attached hydrogens (tertiary/aromatic N) is 1. The average molecular weight is 420 g/mol. The van der Waals surface area contributed by atoms with Gasteiger partial charge in [0.25, 0.3) is 10.0 Å². The highest BCUT2D eigenvalue weighted by Crippen LogP contribution is 2.32. The smallest absolute Gasteiger partial charge is 0.335 e. The second-order valence-electron chi connectivity index (χ2n) is 6.10. The minimum absolute atomic E-state index is 0.000835. The van der Waals surface area contributed by atoms with Crippen molar-refractivity contribution in [3.05, 3.63) is 71.6 Å². The van der Waals surface area contributed by atoms with E-state index < -0.39 is 44.0 Å². The first kappa shape index (κ1) is 20.2. The molecule has 0 spiro atoms. The second kappa shape index (κ2) is 7.47. The maximum Gasteiger partial charge on any atom is 0.335 e. The lowest BCUT2D eigenvalue weighted by molar-refractivity contribution is 0.0696. The van der Waals surface area contributed by atoms with Gasteiger partial charge >= 0.3 is 5.97 Å². The van der Waals surface area contributed by atoms with Crippen LogP contribution in [0.3, 0.4) is 0 Å². The van der Waals surface area contributed by atoms with Gasteiger partial charge in [0, 0.05) is 29.6 Å². The van der Waals surface area contributed by atoms with Crippen molar-refractivity contribution >= 4 is 21.7 Å². The summed E-state index contributed by atoms with van der Waals surface area (Å²) in [5.41, 5.74) is -0.769. The van der Waals surface area contributed by atoms with Crippen LogP contribution in [0.1, 0.15) is 15.9 Å². The van der Waals surface area contributed by atoms with Gasteiger partial charge in [-0.25, -0.2) is 22.0 Å². The first-order valence-corrected chi connectivity index (χ1v) is 9.57. The van der Waals surface area contributed by atoms with Crippen molar-refractivity contribution in [1.29, 1.82) is 0 Å². The molecule has 0 amide bonds. The van der Waals surface area contributed by atoms with Gasteiger partial charge in [0.15, 0.2) is 0 Å². The molecule has 29 heavy (non-hydrogen) atoms. The van der Waals surface area contributed by atoms with E-state index in [9.17, 15) is 27.1 Å². The average Bonchev–Trinajstić information content (AvgIpc) is 2.66. The number of carboxylic acids is 1. The topological polar surface area (TPSA) is 117 Å². The lowest BCUT2D eigenvalue weighted by Gasteiger charge is -2.14. The normalized spacial score (nSPS) is 11.3. The molecule has 0 saturated carbocycles. The third kappa shape index (κ3) is 4.02. The summed E-state index contributed by atoms with van der Waals surface area (Å²) in [5.74, 6) is -4.21. The molecule has 0 atom stereocenters. The summed E-state index contributed by atoms with van der Waals surface area (Å²) in [7, 11) is -4.60. The van der Waals surface area contributed by atoms with Crippen LogP contribution in [0.4, 0.5) is 14.5 Å². The molecule has 3 N–H and O–H groups in total. The van der Waals surface area contributed by atoms with E-state index in [2.05, 4.69) is 4.98 Å². The number of hydrogen-bond donors (Lipinski definition) is 3. The summed E-state index contributed by atoms with van der Waals surface area (Å²) in [5, 5.41) is 19.2. The molecule has 0 unspecified atom stereocenters. The number of halogens is 2. The monoisotopic (exact) mass is 420 g/mol. The van der Waals surface area contributed by atoms with Gasteiger partial charge < -0.3 is 10.2 Å². The number of benzene rings is 2. The van der Waals surface area contributed by atoms with E-state index in [1.807, 2.05) is 4.72 Å². The predicted octanol–water partition coefficient (Wildman–Crippen LogP) is 3.54. The molecule has 3 rings (SSSR count). The maximum atomic E-state index is 14.2. The number of phenolic OH excluding ortho intramolecular Hbond substituents is 1. The van der Waals surface area contributed by atoms with Crippen LogP contribution >= 0.6 is 0 Å². The van der Waals surface area contributed by atoms with Crippen molar-refractivity contribution in [3.8, 4) is 16.9 Å². The van der Waals surface area contributed by atoms with Gasteiger partial charge in [0.2, 0.25) is 0 Å². The fourth-order valence-corrected chi connectivity index (χ4v) is 3.90. The SMILES string of the molecule is Cc1cc(C(=O)O)cc(S(=O)(=O)Nc2cc(-c3cccnc3)c(F)cc2F)c1O. The Morgan fingerprint density at radius 3 is 2.48 bits per heavy atom. The zero-order valence-corrected chi connectivity index (χ0v) is 15.7. The largest absolute Gasteiger partial charge is 0.506 e. The van der Waals surface area contributed by atoms with Crippen molar-refractivity contribution in [2.75, 3.05) is 4.72 Å². The van der Waals surface area contributed by atoms with Gasteiger partial charge in [-0.1, -0.05) is 6.07 Å². The predicted molar refractivity (Wildman–Crippen MR) is 100 cm³/mol. The number of aryl methyl sites for hydroxylation is 1. The third-order valence-electron chi connectivity index (χ3n) is 4.08.